The number of hydrogen-bond donors (Lipinski definition) is 1. The Hall–Kier alpha value is -3.49. The largest absolute Gasteiger partial charge is 0.344 e. The molecule has 4 rings (SSSR count). The molecular formula is C27H28FN5OS. The fourth-order valence-electron chi connectivity index (χ4n) is 3.69. The Labute approximate surface area is 209 Å². The topological polar surface area (TPSA) is 63.1 Å². The Balaban J connectivity index is 1.56. The highest BCUT2D eigenvalue weighted by Crippen LogP contribution is 2.27. The smallest absolute Gasteiger partial charge is 0.231 e. The van der Waals surface area contributed by atoms with Gasteiger partial charge in [0.05, 0.1) is 17.8 Å². The van der Waals surface area contributed by atoms with Crippen molar-refractivity contribution in [2.75, 3.05) is 19.8 Å². The molecule has 0 aliphatic rings. The van der Waals surface area contributed by atoms with E-state index < -0.39 is 0 Å². The summed E-state index contributed by atoms with van der Waals surface area (Å²) >= 11 is 1.30. The molecule has 0 aliphatic carbocycles. The molecule has 1 aromatic heterocycles. The Morgan fingerprint density at radius 3 is 2.06 bits per heavy atom. The molecule has 0 spiro atoms. The minimum absolute atomic E-state index is 0.0312. The number of halogens is 1. The van der Waals surface area contributed by atoms with Crippen LogP contribution in [0, 0.1) is 5.82 Å². The summed E-state index contributed by atoms with van der Waals surface area (Å²) in [4.78, 5) is 15.1. The van der Waals surface area contributed by atoms with Gasteiger partial charge >= 0.3 is 0 Å². The first-order chi connectivity index (χ1) is 16.9. The summed E-state index contributed by atoms with van der Waals surface area (Å²) in [5.41, 5.74) is 2.76. The number of carbonyl (C=O) groups excluding carboxylic acids is 1. The van der Waals surface area contributed by atoms with Gasteiger partial charge < -0.3 is 5.32 Å². The van der Waals surface area contributed by atoms with Crippen LogP contribution in [0.3, 0.4) is 0 Å². The molecule has 0 radical (unpaired) electrons. The van der Waals surface area contributed by atoms with Crippen molar-refractivity contribution in [3.05, 3.63) is 108 Å². The summed E-state index contributed by atoms with van der Waals surface area (Å²) in [6.45, 7) is 2.02. The number of carbonyl (C=O) groups is 1. The summed E-state index contributed by atoms with van der Waals surface area (Å²) in [5, 5.41) is 12.5. The van der Waals surface area contributed by atoms with Crippen molar-refractivity contribution in [3.8, 4) is 5.69 Å². The number of hydrogen-bond acceptors (Lipinski definition) is 5. The van der Waals surface area contributed by atoms with Gasteiger partial charge in [-0.15, -0.1) is 10.2 Å². The predicted molar refractivity (Wildman–Crippen MR) is 137 cm³/mol. The van der Waals surface area contributed by atoms with Crippen LogP contribution in [0.4, 0.5) is 4.39 Å². The molecule has 0 saturated carbocycles. The minimum Gasteiger partial charge on any atom is -0.344 e. The summed E-state index contributed by atoms with van der Waals surface area (Å²) in [7, 11) is 3.92. The molecular weight excluding hydrogens is 461 g/mol. The zero-order valence-corrected chi connectivity index (χ0v) is 20.7. The molecule has 1 atom stereocenters. The number of thioether (sulfide) groups is 1. The Morgan fingerprint density at radius 1 is 0.943 bits per heavy atom. The van der Waals surface area contributed by atoms with Crippen LogP contribution < -0.4 is 5.32 Å². The Bertz CT molecular complexity index is 1210. The monoisotopic (exact) mass is 489 g/mol. The molecule has 4 aromatic rings. The lowest BCUT2D eigenvalue weighted by molar-refractivity contribution is -0.119. The second kappa shape index (κ2) is 11.3. The highest BCUT2D eigenvalue weighted by Gasteiger charge is 2.22. The number of rotatable bonds is 9. The molecule has 3 aromatic carbocycles. The lowest BCUT2D eigenvalue weighted by Gasteiger charge is -2.21. The van der Waals surface area contributed by atoms with Gasteiger partial charge in [0.1, 0.15) is 5.82 Å². The molecule has 1 N–H and O–H groups in total. The van der Waals surface area contributed by atoms with Gasteiger partial charge in [-0.1, -0.05) is 72.4 Å². The first-order valence-electron chi connectivity index (χ1n) is 11.3. The third-order valence-corrected chi connectivity index (χ3v) is 6.72. The van der Waals surface area contributed by atoms with E-state index in [1.807, 2.05) is 91.1 Å². The number of benzene rings is 3. The van der Waals surface area contributed by atoms with Crippen molar-refractivity contribution in [1.29, 1.82) is 0 Å². The first kappa shape index (κ1) is 24.6. The molecule has 1 amide bonds. The summed E-state index contributed by atoms with van der Waals surface area (Å²) in [6.07, 6.45) is 0. The van der Waals surface area contributed by atoms with Gasteiger partial charge in [-0.05, 0) is 56.4 Å². The molecule has 0 bridgehead atoms. The lowest BCUT2D eigenvalue weighted by atomic mass is 9.99. The van der Waals surface area contributed by atoms with Crippen LogP contribution in [0.15, 0.2) is 90.1 Å². The van der Waals surface area contributed by atoms with E-state index in [-0.39, 0.29) is 29.6 Å². The van der Waals surface area contributed by atoms with E-state index in [1.54, 1.807) is 12.1 Å². The van der Waals surface area contributed by atoms with Gasteiger partial charge in [0.2, 0.25) is 5.91 Å². The van der Waals surface area contributed by atoms with Gasteiger partial charge in [0.15, 0.2) is 11.0 Å². The number of aromatic nitrogens is 3. The van der Waals surface area contributed by atoms with Crippen LogP contribution in [0.5, 0.6) is 0 Å². The van der Waals surface area contributed by atoms with Crippen molar-refractivity contribution in [3.63, 3.8) is 0 Å². The second-order valence-electron chi connectivity index (χ2n) is 8.40. The molecule has 0 unspecified atom stereocenters. The van der Waals surface area contributed by atoms with Crippen LogP contribution in [0.1, 0.15) is 36.0 Å². The second-order valence-corrected chi connectivity index (χ2v) is 9.35. The van der Waals surface area contributed by atoms with E-state index in [4.69, 9.17) is 0 Å². The van der Waals surface area contributed by atoms with Crippen LogP contribution >= 0.6 is 11.8 Å². The normalized spacial score (nSPS) is 12.2. The molecule has 8 heteroatoms. The average molecular weight is 490 g/mol. The first-order valence-corrected chi connectivity index (χ1v) is 12.3. The Kier molecular flexibility index (Phi) is 7.94. The SMILES string of the molecule is C[C@@H](c1nnc(SCC(=O)NC(c2ccccc2)c2ccccc2)n1-c1ccc(F)cc1)N(C)C. The van der Waals surface area contributed by atoms with Crippen molar-refractivity contribution in [2.24, 2.45) is 0 Å². The van der Waals surface area contributed by atoms with E-state index in [1.165, 1.54) is 23.9 Å². The Morgan fingerprint density at radius 2 is 1.51 bits per heavy atom. The zero-order valence-electron chi connectivity index (χ0n) is 19.9. The summed E-state index contributed by atoms with van der Waals surface area (Å²) in [6, 6.07) is 25.7. The minimum atomic E-state index is -0.314. The van der Waals surface area contributed by atoms with Gasteiger partial charge in [-0.3, -0.25) is 14.3 Å². The van der Waals surface area contributed by atoms with Crippen molar-refractivity contribution in [1.82, 2.24) is 25.0 Å². The summed E-state index contributed by atoms with van der Waals surface area (Å²) < 4.78 is 15.4. The van der Waals surface area contributed by atoms with E-state index in [0.717, 1.165) is 22.6 Å². The van der Waals surface area contributed by atoms with E-state index in [9.17, 15) is 9.18 Å². The third-order valence-electron chi connectivity index (χ3n) is 5.79. The highest BCUT2D eigenvalue weighted by atomic mass is 32.2. The third kappa shape index (κ3) is 5.96. The van der Waals surface area contributed by atoms with Gasteiger partial charge in [-0.2, -0.15) is 0 Å². The highest BCUT2D eigenvalue weighted by molar-refractivity contribution is 7.99. The van der Waals surface area contributed by atoms with E-state index >= 15 is 0 Å². The predicted octanol–water partition coefficient (Wildman–Crippen LogP) is 5.03. The molecule has 0 saturated heterocycles. The number of amides is 1. The molecule has 1 heterocycles. The number of nitrogens with one attached hydrogen (secondary N) is 1. The maximum Gasteiger partial charge on any atom is 0.231 e. The number of nitrogens with zero attached hydrogens (tertiary/aromatic N) is 4. The van der Waals surface area contributed by atoms with Crippen molar-refractivity contribution < 1.29 is 9.18 Å². The quantitative estimate of drug-likeness (QED) is 0.334. The maximum absolute atomic E-state index is 13.6. The molecule has 0 fully saturated rings. The zero-order chi connectivity index (χ0) is 24.8. The molecule has 180 valence electrons. The van der Waals surface area contributed by atoms with E-state index in [0.29, 0.717) is 5.16 Å². The van der Waals surface area contributed by atoms with Crippen LogP contribution in [-0.2, 0) is 4.79 Å². The average Bonchev–Trinajstić information content (AvgIpc) is 3.31. The lowest BCUT2D eigenvalue weighted by Crippen LogP contribution is -2.30. The van der Waals surface area contributed by atoms with Crippen molar-refractivity contribution >= 4 is 17.7 Å². The van der Waals surface area contributed by atoms with Gasteiger partial charge in [0, 0.05) is 5.69 Å². The summed E-state index contributed by atoms with van der Waals surface area (Å²) in [5.74, 6) is 0.441. The molecule has 35 heavy (non-hydrogen) atoms. The van der Waals surface area contributed by atoms with Crippen LogP contribution in [0.2, 0.25) is 0 Å². The maximum atomic E-state index is 13.6. The van der Waals surface area contributed by atoms with Crippen LogP contribution in [0.25, 0.3) is 5.69 Å². The fourth-order valence-corrected chi connectivity index (χ4v) is 4.46. The van der Waals surface area contributed by atoms with Crippen molar-refractivity contribution in [2.45, 2.75) is 24.2 Å². The van der Waals surface area contributed by atoms with Gasteiger partial charge in [0.25, 0.3) is 0 Å². The fraction of sp³-hybridized carbons (Fsp3) is 0.222. The van der Waals surface area contributed by atoms with Gasteiger partial charge in [-0.25, -0.2) is 4.39 Å². The molecule has 6 nitrogen and oxygen atoms in total. The molecule has 0 aliphatic heterocycles. The van der Waals surface area contributed by atoms with E-state index in [2.05, 4.69) is 15.5 Å². The van der Waals surface area contributed by atoms with Crippen LogP contribution in [-0.4, -0.2) is 45.4 Å². The standard InChI is InChI=1S/C27H28FN5OS/c1-19(32(2)3)26-30-31-27(33(26)23-16-14-22(28)15-17-23)35-18-24(34)29-25(20-10-6-4-7-11-20)21-12-8-5-9-13-21/h4-17,19,25H,18H2,1-3H3,(H,29,34)/t19-/m0/s1.